The van der Waals surface area contributed by atoms with Gasteiger partial charge in [0, 0.05) is 18.0 Å². The molecular formula is C20H22ClNO6. The second-order valence-electron chi connectivity index (χ2n) is 7.33. The number of phenolic OH excluding ortho intramolecular Hbond substituents is 1. The molecule has 0 spiro atoms. The number of aliphatic carboxylic acids is 1. The van der Waals surface area contributed by atoms with E-state index in [1.165, 1.54) is 12.1 Å². The van der Waals surface area contributed by atoms with Gasteiger partial charge in [-0.3, -0.25) is 9.59 Å². The zero-order valence-electron chi connectivity index (χ0n) is 15.5. The zero-order valence-corrected chi connectivity index (χ0v) is 16.2. The van der Waals surface area contributed by atoms with E-state index in [1.54, 1.807) is 6.92 Å². The lowest BCUT2D eigenvalue weighted by molar-refractivity contribution is -0.143. The van der Waals surface area contributed by atoms with Gasteiger partial charge in [-0.2, -0.15) is 0 Å². The highest BCUT2D eigenvalue weighted by atomic mass is 35.5. The van der Waals surface area contributed by atoms with E-state index in [9.17, 15) is 19.5 Å². The molecule has 3 rings (SSSR count). The third-order valence-electron chi connectivity index (χ3n) is 5.48. The summed E-state index contributed by atoms with van der Waals surface area (Å²) >= 11 is 5.94. The highest BCUT2D eigenvalue weighted by Crippen LogP contribution is 2.31. The van der Waals surface area contributed by atoms with Crippen molar-refractivity contribution in [2.24, 2.45) is 11.8 Å². The van der Waals surface area contributed by atoms with Gasteiger partial charge in [0.15, 0.2) is 0 Å². The van der Waals surface area contributed by atoms with Gasteiger partial charge in [0.1, 0.15) is 11.3 Å². The number of halogens is 1. The van der Waals surface area contributed by atoms with Crippen molar-refractivity contribution in [1.82, 2.24) is 5.32 Å². The van der Waals surface area contributed by atoms with Crippen LogP contribution in [-0.2, 0) is 16.0 Å². The summed E-state index contributed by atoms with van der Waals surface area (Å²) < 4.78 is 5.23. The Morgan fingerprint density at radius 1 is 1.25 bits per heavy atom. The summed E-state index contributed by atoms with van der Waals surface area (Å²) in [5.41, 5.74) is 0.430. The summed E-state index contributed by atoms with van der Waals surface area (Å²) in [6.45, 7) is 2.17. The number of carbonyl (C=O) groups is 2. The quantitative estimate of drug-likeness (QED) is 0.656. The van der Waals surface area contributed by atoms with Gasteiger partial charge in [0.25, 0.3) is 0 Å². The van der Waals surface area contributed by atoms with Gasteiger partial charge in [-0.05, 0) is 50.2 Å². The van der Waals surface area contributed by atoms with E-state index in [0.29, 0.717) is 30.3 Å². The molecule has 0 unspecified atom stereocenters. The largest absolute Gasteiger partial charge is 0.506 e. The highest BCUT2D eigenvalue weighted by Gasteiger charge is 2.26. The molecule has 0 radical (unpaired) electrons. The number of nitrogens with one attached hydrogen (secondary N) is 1. The number of hydrogen-bond acceptors (Lipinski definition) is 5. The van der Waals surface area contributed by atoms with Crippen LogP contribution < -0.4 is 10.9 Å². The molecule has 8 heteroatoms. The maximum atomic E-state index is 12.3. The summed E-state index contributed by atoms with van der Waals surface area (Å²) in [4.78, 5) is 35.6. The molecule has 1 heterocycles. The van der Waals surface area contributed by atoms with Crippen LogP contribution in [0.1, 0.15) is 36.8 Å². The van der Waals surface area contributed by atoms with Crippen molar-refractivity contribution >= 4 is 34.4 Å². The average Bonchev–Trinajstić information content (AvgIpc) is 2.65. The molecule has 1 saturated carbocycles. The molecule has 0 saturated heterocycles. The zero-order chi connectivity index (χ0) is 20.4. The molecule has 1 aliphatic carbocycles. The first-order valence-corrected chi connectivity index (χ1v) is 9.58. The molecule has 1 amide bonds. The van der Waals surface area contributed by atoms with E-state index < -0.39 is 11.6 Å². The van der Waals surface area contributed by atoms with Gasteiger partial charge < -0.3 is 19.9 Å². The Balaban J connectivity index is 1.66. The number of benzene rings is 1. The van der Waals surface area contributed by atoms with Crippen molar-refractivity contribution in [2.45, 2.75) is 39.0 Å². The molecule has 7 nitrogen and oxygen atoms in total. The fraction of sp³-hybridized carbons (Fsp3) is 0.450. The van der Waals surface area contributed by atoms with Crippen LogP contribution in [0.3, 0.4) is 0 Å². The van der Waals surface area contributed by atoms with Crippen LogP contribution in [0.5, 0.6) is 5.75 Å². The van der Waals surface area contributed by atoms with E-state index in [0.717, 1.165) is 12.8 Å². The van der Waals surface area contributed by atoms with Crippen molar-refractivity contribution in [3.05, 3.63) is 38.7 Å². The molecule has 1 aromatic carbocycles. The summed E-state index contributed by atoms with van der Waals surface area (Å²) in [5, 5.41) is 22.2. The minimum Gasteiger partial charge on any atom is -0.506 e. The highest BCUT2D eigenvalue weighted by molar-refractivity contribution is 6.32. The van der Waals surface area contributed by atoms with Gasteiger partial charge in [-0.15, -0.1) is 0 Å². The summed E-state index contributed by atoms with van der Waals surface area (Å²) in [6.07, 6.45) is 2.65. The predicted octanol–water partition coefficient (Wildman–Crippen LogP) is 3.01. The summed E-state index contributed by atoms with van der Waals surface area (Å²) in [5.74, 6) is -1.27. The first-order valence-electron chi connectivity index (χ1n) is 9.20. The maximum absolute atomic E-state index is 12.3. The van der Waals surface area contributed by atoms with Crippen molar-refractivity contribution in [3.8, 4) is 5.75 Å². The number of carbonyl (C=O) groups excluding carboxylic acids is 1. The Morgan fingerprint density at radius 2 is 1.93 bits per heavy atom. The lowest BCUT2D eigenvalue weighted by atomic mass is 9.82. The van der Waals surface area contributed by atoms with Crippen LogP contribution in [0.4, 0.5) is 0 Å². The van der Waals surface area contributed by atoms with Crippen molar-refractivity contribution < 1.29 is 24.2 Å². The third kappa shape index (κ3) is 4.30. The average molecular weight is 408 g/mol. The number of aromatic hydroxyl groups is 1. The predicted molar refractivity (Wildman–Crippen MR) is 104 cm³/mol. The van der Waals surface area contributed by atoms with Crippen molar-refractivity contribution in [1.29, 1.82) is 0 Å². The number of rotatable bonds is 5. The Hall–Kier alpha value is -2.54. The number of amides is 1. The van der Waals surface area contributed by atoms with Gasteiger partial charge in [0.2, 0.25) is 5.91 Å². The van der Waals surface area contributed by atoms with E-state index in [2.05, 4.69) is 5.32 Å². The fourth-order valence-corrected chi connectivity index (χ4v) is 3.86. The monoisotopic (exact) mass is 407 g/mol. The molecule has 0 bridgehead atoms. The minimum absolute atomic E-state index is 0.118. The Morgan fingerprint density at radius 3 is 2.57 bits per heavy atom. The van der Waals surface area contributed by atoms with Crippen LogP contribution in [-0.4, -0.2) is 28.6 Å². The molecule has 2 aromatic rings. The van der Waals surface area contributed by atoms with Crippen LogP contribution in [0.15, 0.2) is 21.3 Å². The number of aryl methyl sites for hydroxylation is 1. The lowest BCUT2D eigenvalue weighted by Gasteiger charge is -2.26. The van der Waals surface area contributed by atoms with E-state index >= 15 is 0 Å². The molecule has 1 aromatic heterocycles. The number of hydrogen-bond donors (Lipinski definition) is 3. The van der Waals surface area contributed by atoms with Crippen molar-refractivity contribution in [2.75, 3.05) is 6.54 Å². The summed E-state index contributed by atoms with van der Waals surface area (Å²) in [6, 6.07) is 2.79. The first-order chi connectivity index (χ1) is 13.3. The standard InChI is InChI=1S/C20H22ClNO6/c1-10-13-6-15(21)16(23)8-17(13)28-20(27)14(10)7-18(24)22-9-11-2-4-12(5-3-11)19(25)26/h6,8,11-12,23H,2-5,7,9H2,1H3,(H,22,24)(H,25,26). The molecule has 3 N–H and O–H groups in total. The molecule has 1 fully saturated rings. The molecule has 0 aliphatic heterocycles. The Bertz CT molecular complexity index is 975. The second kappa shape index (κ2) is 8.22. The Kier molecular flexibility index (Phi) is 5.93. The smallest absolute Gasteiger partial charge is 0.340 e. The number of fused-ring (bicyclic) bond motifs is 1. The second-order valence-corrected chi connectivity index (χ2v) is 7.74. The van der Waals surface area contributed by atoms with Gasteiger partial charge in [0.05, 0.1) is 22.9 Å². The van der Waals surface area contributed by atoms with Gasteiger partial charge in [-0.1, -0.05) is 11.6 Å². The van der Waals surface area contributed by atoms with Crippen molar-refractivity contribution in [3.63, 3.8) is 0 Å². The SMILES string of the molecule is Cc1c(CC(=O)NCC2CCC(C(=O)O)CC2)c(=O)oc2cc(O)c(Cl)cc12. The van der Waals surface area contributed by atoms with Gasteiger partial charge >= 0.3 is 11.6 Å². The first kappa shape index (κ1) is 20.2. The molecule has 1 aliphatic rings. The molecule has 28 heavy (non-hydrogen) atoms. The van der Waals surface area contributed by atoms with E-state index in [1.807, 2.05) is 0 Å². The Labute approximate surface area is 166 Å². The van der Waals surface area contributed by atoms with Crippen LogP contribution in [0.25, 0.3) is 11.0 Å². The minimum atomic E-state index is -0.755. The lowest BCUT2D eigenvalue weighted by Crippen LogP contribution is -2.34. The fourth-order valence-electron chi connectivity index (χ4n) is 3.70. The van der Waals surface area contributed by atoms with Gasteiger partial charge in [-0.25, -0.2) is 4.79 Å². The number of carboxylic acids is 1. The third-order valence-corrected chi connectivity index (χ3v) is 5.78. The van der Waals surface area contributed by atoms with E-state index in [4.69, 9.17) is 21.1 Å². The molecule has 0 atom stereocenters. The molecule has 150 valence electrons. The normalized spacial score (nSPS) is 19.5. The topological polar surface area (TPSA) is 117 Å². The van der Waals surface area contributed by atoms with Crippen LogP contribution in [0.2, 0.25) is 5.02 Å². The van der Waals surface area contributed by atoms with E-state index in [-0.39, 0.29) is 46.1 Å². The molecular weight excluding hydrogens is 386 g/mol. The number of phenols is 1. The maximum Gasteiger partial charge on any atom is 0.340 e. The summed E-state index contributed by atoms with van der Waals surface area (Å²) in [7, 11) is 0. The number of carboxylic acid groups (broad SMARTS) is 1. The van der Waals surface area contributed by atoms with Crippen LogP contribution in [0, 0.1) is 18.8 Å². The van der Waals surface area contributed by atoms with Crippen LogP contribution >= 0.6 is 11.6 Å².